The minimum absolute atomic E-state index is 0.156. The highest BCUT2D eigenvalue weighted by Gasteiger charge is 2.23. The molecule has 1 saturated heterocycles. The van der Waals surface area contributed by atoms with E-state index in [4.69, 9.17) is 4.98 Å². The lowest BCUT2D eigenvalue weighted by molar-refractivity contribution is 0.573. The van der Waals surface area contributed by atoms with Crippen LogP contribution in [0.25, 0.3) is 11.2 Å². The third kappa shape index (κ3) is 3.83. The smallest absolute Gasteiger partial charge is 0.280 e. The van der Waals surface area contributed by atoms with Crippen molar-refractivity contribution in [1.29, 1.82) is 0 Å². The Morgan fingerprint density at radius 1 is 1.24 bits per heavy atom. The van der Waals surface area contributed by atoms with E-state index >= 15 is 0 Å². The molecule has 10 heteroatoms. The molecule has 0 unspecified atom stereocenters. The highest BCUT2D eigenvalue weighted by Crippen LogP contribution is 2.25. The molecule has 0 spiro atoms. The summed E-state index contributed by atoms with van der Waals surface area (Å²) in [6.07, 6.45) is 1.70. The lowest BCUT2D eigenvalue weighted by atomic mass is 10.4. The van der Waals surface area contributed by atoms with Crippen LogP contribution in [0.3, 0.4) is 0 Å². The van der Waals surface area contributed by atoms with Crippen LogP contribution in [-0.2, 0) is 13.6 Å². The van der Waals surface area contributed by atoms with Gasteiger partial charge in [-0.2, -0.15) is 4.98 Å². The van der Waals surface area contributed by atoms with Gasteiger partial charge in [0.25, 0.3) is 5.56 Å². The number of anilines is 1. The van der Waals surface area contributed by atoms with Crippen LogP contribution < -0.4 is 15.8 Å². The SMILES string of the molecule is CC#CCn1c(N2CCNCC2)nc2nc(Sc3nccc(C)n3)n(C)c(=O)c21. The van der Waals surface area contributed by atoms with E-state index in [0.717, 1.165) is 37.8 Å². The standard InChI is InChI=1S/C19H22N8OS/c1-4-5-10-27-14-15(23-18(27)26-11-8-20-9-12-26)24-19(25(3)16(14)28)29-17-21-7-6-13(2)22-17/h6-7,20H,8-12H2,1-3H3. The van der Waals surface area contributed by atoms with Crippen LogP contribution in [0.4, 0.5) is 5.95 Å². The molecule has 0 aliphatic carbocycles. The first-order valence-electron chi connectivity index (χ1n) is 9.38. The van der Waals surface area contributed by atoms with E-state index in [1.807, 2.05) is 17.6 Å². The van der Waals surface area contributed by atoms with Gasteiger partial charge in [0.05, 0.1) is 6.54 Å². The first-order valence-corrected chi connectivity index (χ1v) is 10.2. The Labute approximate surface area is 172 Å². The topological polar surface area (TPSA) is 93.8 Å². The second kappa shape index (κ2) is 8.23. The van der Waals surface area contributed by atoms with E-state index in [2.05, 4.69) is 37.0 Å². The minimum Gasteiger partial charge on any atom is -0.340 e. The monoisotopic (exact) mass is 410 g/mol. The Bertz CT molecular complexity index is 1170. The summed E-state index contributed by atoms with van der Waals surface area (Å²) in [7, 11) is 1.71. The van der Waals surface area contributed by atoms with E-state index in [1.165, 1.54) is 16.3 Å². The van der Waals surface area contributed by atoms with E-state index in [9.17, 15) is 4.79 Å². The van der Waals surface area contributed by atoms with Crippen molar-refractivity contribution in [2.45, 2.75) is 30.7 Å². The fraction of sp³-hybridized carbons (Fsp3) is 0.421. The molecule has 1 aliphatic rings. The van der Waals surface area contributed by atoms with Crippen LogP contribution in [0.2, 0.25) is 0 Å². The number of hydrogen-bond donors (Lipinski definition) is 1. The number of fused-ring (bicyclic) bond motifs is 1. The maximum atomic E-state index is 13.2. The summed E-state index contributed by atoms with van der Waals surface area (Å²) in [6.45, 7) is 7.48. The van der Waals surface area contributed by atoms with Gasteiger partial charge in [-0.25, -0.2) is 15.0 Å². The van der Waals surface area contributed by atoms with E-state index < -0.39 is 0 Å². The molecule has 0 bridgehead atoms. The van der Waals surface area contributed by atoms with Crippen LogP contribution in [0.1, 0.15) is 12.6 Å². The predicted octanol–water partition coefficient (Wildman–Crippen LogP) is 0.813. The molecule has 0 amide bonds. The molecule has 3 aromatic heterocycles. The van der Waals surface area contributed by atoms with Crippen molar-refractivity contribution in [3.8, 4) is 11.8 Å². The molecule has 1 fully saturated rings. The van der Waals surface area contributed by atoms with Crippen molar-refractivity contribution in [3.05, 3.63) is 28.3 Å². The molecule has 150 valence electrons. The molecule has 29 heavy (non-hydrogen) atoms. The van der Waals surface area contributed by atoms with Gasteiger partial charge in [-0.3, -0.25) is 13.9 Å². The molecule has 0 aromatic carbocycles. The molecule has 1 aliphatic heterocycles. The Kier molecular flexibility index (Phi) is 5.51. The Morgan fingerprint density at radius 2 is 2.03 bits per heavy atom. The van der Waals surface area contributed by atoms with Crippen LogP contribution in [0, 0.1) is 18.8 Å². The number of aromatic nitrogens is 6. The number of imidazole rings is 1. The maximum absolute atomic E-state index is 13.2. The second-order valence-corrected chi connectivity index (χ2v) is 7.61. The van der Waals surface area contributed by atoms with E-state index in [0.29, 0.717) is 28.0 Å². The summed E-state index contributed by atoms with van der Waals surface area (Å²) in [5, 5.41) is 4.39. The average molecular weight is 411 g/mol. The molecule has 9 nitrogen and oxygen atoms in total. The predicted molar refractivity (Wildman–Crippen MR) is 112 cm³/mol. The Morgan fingerprint density at radius 3 is 2.76 bits per heavy atom. The van der Waals surface area contributed by atoms with Crippen LogP contribution in [-0.4, -0.2) is 55.2 Å². The summed E-state index contributed by atoms with van der Waals surface area (Å²) in [5.41, 5.74) is 1.60. The zero-order valence-electron chi connectivity index (χ0n) is 16.6. The summed E-state index contributed by atoms with van der Waals surface area (Å²) >= 11 is 1.25. The van der Waals surface area contributed by atoms with Gasteiger partial charge >= 0.3 is 0 Å². The van der Waals surface area contributed by atoms with Gasteiger partial charge in [0, 0.05) is 45.1 Å². The van der Waals surface area contributed by atoms with Crippen molar-refractivity contribution >= 4 is 28.9 Å². The van der Waals surface area contributed by atoms with Gasteiger partial charge in [-0.05, 0) is 31.7 Å². The lowest BCUT2D eigenvalue weighted by Crippen LogP contribution is -2.44. The third-order valence-corrected chi connectivity index (χ3v) is 5.62. The van der Waals surface area contributed by atoms with Gasteiger partial charge in [-0.15, -0.1) is 5.92 Å². The highest BCUT2D eigenvalue weighted by atomic mass is 32.2. The lowest BCUT2D eigenvalue weighted by Gasteiger charge is -2.28. The zero-order chi connectivity index (χ0) is 20.4. The van der Waals surface area contributed by atoms with Crippen molar-refractivity contribution in [1.82, 2.24) is 34.4 Å². The fourth-order valence-corrected chi connectivity index (χ4v) is 4.01. The number of rotatable bonds is 4. The first kappa shape index (κ1) is 19.4. The largest absolute Gasteiger partial charge is 0.340 e. The van der Waals surface area contributed by atoms with Crippen LogP contribution in [0.5, 0.6) is 0 Å². The third-order valence-electron chi connectivity index (χ3n) is 4.69. The van der Waals surface area contributed by atoms with E-state index in [-0.39, 0.29) is 5.56 Å². The molecule has 1 N–H and O–H groups in total. The number of piperazine rings is 1. The fourth-order valence-electron chi connectivity index (χ4n) is 3.19. The van der Waals surface area contributed by atoms with Gasteiger partial charge in [0.1, 0.15) is 0 Å². The molecular formula is C19H22N8OS. The van der Waals surface area contributed by atoms with Crippen molar-refractivity contribution in [2.24, 2.45) is 7.05 Å². The molecule has 0 radical (unpaired) electrons. The molecule has 0 saturated carbocycles. The summed E-state index contributed by atoms with van der Waals surface area (Å²) < 4.78 is 3.40. The van der Waals surface area contributed by atoms with E-state index in [1.54, 1.807) is 20.2 Å². The van der Waals surface area contributed by atoms with Crippen molar-refractivity contribution in [3.63, 3.8) is 0 Å². The first-order chi connectivity index (χ1) is 14.1. The number of nitrogens with one attached hydrogen (secondary N) is 1. The zero-order valence-corrected chi connectivity index (χ0v) is 17.5. The number of aryl methyl sites for hydroxylation is 1. The summed E-state index contributed by atoms with van der Waals surface area (Å²) in [4.78, 5) is 33.4. The summed E-state index contributed by atoms with van der Waals surface area (Å²) in [5.74, 6) is 6.70. The maximum Gasteiger partial charge on any atom is 0.280 e. The van der Waals surface area contributed by atoms with Gasteiger partial charge in [0.2, 0.25) is 5.95 Å². The minimum atomic E-state index is -0.156. The van der Waals surface area contributed by atoms with Crippen molar-refractivity contribution in [2.75, 3.05) is 31.1 Å². The molecule has 0 atom stereocenters. The Hall–Kier alpha value is -2.90. The average Bonchev–Trinajstić information content (AvgIpc) is 3.09. The molecule has 3 aromatic rings. The van der Waals surface area contributed by atoms with Crippen molar-refractivity contribution < 1.29 is 0 Å². The molecule has 4 heterocycles. The summed E-state index contributed by atoms with van der Waals surface area (Å²) in [6, 6.07) is 1.83. The van der Waals surface area contributed by atoms with Crippen LogP contribution >= 0.6 is 11.8 Å². The van der Waals surface area contributed by atoms with Crippen LogP contribution in [0.15, 0.2) is 27.4 Å². The molecular weight excluding hydrogens is 388 g/mol. The number of nitrogens with zero attached hydrogens (tertiary/aromatic N) is 7. The quantitative estimate of drug-likeness (QED) is 0.499. The second-order valence-electron chi connectivity index (χ2n) is 6.68. The van der Waals surface area contributed by atoms with Gasteiger partial charge in [0.15, 0.2) is 21.5 Å². The molecule has 4 rings (SSSR count). The van der Waals surface area contributed by atoms with Gasteiger partial charge in [-0.1, -0.05) is 5.92 Å². The Balaban J connectivity index is 1.84. The van der Waals surface area contributed by atoms with Gasteiger partial charge < -0.3 is 10.2 Å². The number of hydrogen-bond acceptors (Lipinski definition) is 8. The highest BCUT2D eigenvalue weighted by molar-refractivity contribution is 7.99. The normalized spacial score (nSPS) is 14.1.